The molecule has 0 fully saturated rings. The maximum absolute atomic E-state index is 12.2. The van der Waals surface area contributed by atoms with Crippen molar-refractivity contribution in [1.29, 1.82) is 0 Å². The van der Waals surface area contributed by atoms with Crippen molar-refractivity contribution in [1.82, 2.24) is 10.5 Å². The molecule has 1 amide bonds. The molecule has 2 aromatic rings. The molecule has 7 nitrogen and oxygen atoms in total. The first kappa shape index (κ1) is 18.5. The van der Waals surface area contributed by atoms with Crippen molar-refractivity contribution < 1.29 is 24.0 Å². The number of hydrogen-bond acceptors (Lipinski definition) is 5. The summed E-state index contributed by atoms with van der Waals surface area (Å²) in [5, 5.41) is 15.8. The maximum atomic E-state index is 12.2. The molecule has 1 aromatic carbocycles. The SMILES string of the molecule is CCOc1ccc(CC(CNC(=O)c2c(C)noc2C)C(=O)O)cc1. The molecule has 2 rings (SSSR count). The first-order valence-electron chi connectivity index (χ1n) is 8.08. The Bertz CT molecular complexity index is 717. The Morgan fingerprint density at radius 3 is 2.48 bits per heavy atom. The number of carboxylic acid groups (broad SMARTS) is 1. The van der Waals surface area contributed by atoms with Gasteiger partial charge in [0, 0.05) is 6.54 Å². The number of nitrogens with zero attached hydrogens (tertiary/aromatic N) is 1. The van der Waals surface area contributed by atoms with E-state index in [1.165, 1.54) is 0 Å². The molecule has 2 N–H and O–H groups in total. The van der Waals surface area contributed by atoms with Gasteiger partial charge in [-0.2, -0.15) is 0 Å². The van der Waals surface area contributed by atoms with Crippen molar-refractivity contribution in [2.45, 2.75) is 27.2 Å². The minimum absolute atomic E-state index is 0.0193. The van der Waals surface area contributed by atoms with Gasteiger partial charge in [-0.3, -0.25) is 9.59 Å². The van der Waals surface area contributed by atoms with Gasteiger partial charge in [0.25, 0.3) is 5.91 Å². The van der Waals surface area contributed by atoms with E-state index >= 15 is 0 Å². The van der Waals surface area contributed by atoms with Crippen LogP contribution < -0.4 is 10.1 Å². The predicted molar refractivity (Wildman–Crippen MR) is 90.8 cm³/mol. The molecule has 0 saturated carbocycles. The molecule has 1 unspecified atom stereocenters. The van der Waals surface area contributed by atoms with Crippen LogP contribution in [0.1, 0.15) is 34.3 Å². The van der Waals surface area contributed by atoms with E-state index in [4.69, 9.17) is 9.26 Å². The van der Waals surface area contributed by atoms with Gasteiger partial charge in [0.05, 0.1) is 18.2 Å². The van der Waals surface area contributed by atoms with E-state index in [9.17, 15) is 14.7 Å². The summed E-state index contributed by atoms with van der Waals surface area (Å²) < 4.78 is 10.3. The average molecular weight is 346 g/mol. The summed E-state index contributed by atoms with van der Waals surface area (Å²) in [7, 11) is 0. The van der Waals surface area contributed by atoms with E-state index in [-0.39, 0.29) is 12.5 Å². The third-order valence-corrected chi connectivity index (χ3v) is 3.84. The van der Waals surface area contributed by atoms with Gasteiger partial charge < -0.3 is 19.7 Å². The van der Waals surface area contributed by atoms with Crippen LogP contribution in [0.15, 0.2) is 28.8 Å². The number of rotatable bonds is 8. The first-order chi connectivity index (χ1) is 11.9. The Hall–Kier alpha value is -2.83. The minimum atomic E-state index is -0.965. The lowest BCUT2D eigenvalue weighted by molar-refractivity contribution is -0.141. The summed E-state index contributed by atoms with van der Waals surface area (Å²) in [6, 6.07) is 7.27. The van der Waals surface area contributed by atoms with Crippen molar-refractivity contribution in [2.24, 2.45) is 5.92 Å². The third-order valence-electron chi connectivity index (χ3n) is 3.84. The number of hydrogen-bond donors (Lipinski definition) is 2. The van der Waals surface area contributed by atoms with Crippen LogP contribution in [0.3, 0.4) is 0 Å². The molecule has 1 heterocycles. The molecule has 0 spiro atoms. The lowest BCUT2D eigenvalue weighted by Crippen LogP contribution is -2.34. The Morgan fingerprint density at radius 1 is 1.28 bits per heavy atom. The summed E-state index contributed by atoms with van der Waals surface area (Å²) >= 11 is 0. The van der Waals surface area contributed by atoms with Crippen LogP contribution in [0.2, 0.25) is 0 Å². The van der Waals surface area contributed by atoms with Gasteiger partial charge >= 0.3 is 5.97 Å². The highest BCUT2D eigenvalue weighted by Crippen LogP contribution is 2.16. The zero-order valence-electron chi connectivity index (χ0n) is 14.5. The number of ether oxygens (including phenoxy) is 1. The number of carbonyl (C=O) groups excluding carboxylic acids is 1. The molecule has 0 aliphatic heterocycles. The zero-order chi connectivity index (χ0) is 18.4. The number of carboxylic acids is 1. The number of amides is 1. The second-order valence-corrected chi connectivity index (χ2v) is 5.73. The van der Waals surface area contributed by atoms with Gasteiger partial charge in [0.15, 0.2) is 0 Å². The number of nitrogens with one attached hydrogen (secondary N) is 1. The zero-order valence-corrected chi connectivity index (χ0v) is 14.5. The number of carbonyl (C=O) groups is 2. The Morgan fingerprint density at radius 2 is 1.96 bits per heavy atom. The first-order valence-corrected chi connectivity index (χ1v) is 8.08. The summed E-state index contributed by atoms with van der Waals surface area (Å²) in [6.45, 7) is 5.80. The Labute approximate surface area is 146 Å². The molecule has 25 heavy (non-hydrogen) atoms. The van der Waals surface area contributed by atoms with Gasteiger partial charge in [-0.05, 0) is 44.9 Å². The molecule has 0 bridgehead atoms. The second-order valence-electron chi connectivity index (χ2n) is 5.73. The summed E-state index contributed by atoms with van der Waals surface area (Å²) in [6.07, 6.45) is 0.309. The van der Waals surface area contributed by atoms with Crippen LogP contribution in [0.4, 0.5) is 0 Å². The van der Waals surface area contributed by atoms with Crippen molar-refractivity contribution in [3.05, 3.63) is 46.8 Å². The van der Waals surface area contributed by atoms with Gasteiger partial charge in [-0.25, -0.2) is 0 Å². The fraction of sp³-hybridized carbons (Fsp3) is 0.389. The molecule has 134 valence electrons. The van der Waals surface area contributed by atoms with Crippen LogP contribution in [-0.4, -0.2) is 35.3 Å². The Kier molecular flexibility index (Phi) is 6.16. The molecular formula is C18H22N2O5. The summed E-state index contributed by atoms with van der Waals surface area (Å²) in [5.74, 6) is -0.928. The number of aryl methyl sites for hydroxylation is 2. The van der Waals surface area contributed by atoms with Crippen molar-refractivity contribution in [3.8, 4) is 5.75 Å². The van der Waals surface area contributed by atoms with E-state index in [0.29, 0.717) is 30.0 Å². The molecule has 0 aliphatic carbocycles. The van der Waals surface area contributed by atoms with Crippen LogP contribution in [-0.2, 0) is 11.2 Å². The average Bonchev–Trinajstić information content (AvgIpc) is 2.91. The Balaban J connectivity index is 1.99. The topological polar surface area (TPSA) is 102 Å². The van der Waals surface area contributed by atoms with E-state index < -0.39 is 11.9 Å². The molecule has 0 saturated heterocycles. The minimum Gasteiger partial charge on any atom is -0.494 e. The van der Waals surface area contributed by atoms with E-state index in [2.05, 4.69) is 10.5 Å². The molecule has 1 atom stereocenters. The fourth-order valence-corrected chi connectivity index (χ4v) is 2.53. The quantitative estimate of drug-likeness (QED) is 0.761. The lowest BCUT2D eigenvalue weighted by atomic mass is 9.99. The number of aromatic nitrogens is 1. The van der Waals surface area contributed by atoms with Crippen molar-refractivity contribution >= 4 is 11.9 Å². The molecule has 0 radical (unpaired) electrons. The van der Waals surface area contributed by atoms with Crippen molar-refractivity contribution in [2.75, 3.05) is 13.2 Å². The van der Waals surface area contributed by atoms with E-state index in [1.54, 1.807) is 26.0 Å². The van der Waals surface area contributed by atoms with Gasteiger partial charge in [0.2, 0.25) is 0 Å². The normalized spacial score (nSPS) is 11.8. The smallest absolute Gasteiger partial charge is 0.308 e. The predicted octanol–water partition coefficient (Wildman–Crippen LogP) is 2.36. The monoisotopic (exact) mass is 346 g/mol. The largest absolute Gasteiger partial charge is 0.494 e. The third kappa shape index (κ3) is 4.82. The van der Waals surface area contributed by atoms with E-state index in [0.717, 1.165) is 11.3 Å². The summed E-state index contributed by atoms with van der Waals surface area (Å²) in [5.41, 5.74) is 1.70. The van der Waals surface area contributed by atoms with Crippen molar-refractivity contribution in [3.63, 3.8) is 0 Å². The maximum Gasteiger partial charge on any atom is 0.308 e. The lowest BCUT2D eigenvalue weighted by Gasteiger charge is -2.14. The van der Waals surface area contributed by atoms with Gasteiger partial charge in [-0.15, -0.1) is 0 Å². The number of benzene rings is 1. The highest BCUT2D eigenvalue weighted by Gasteiger charge is 2.22. The molecule has 1 aromatic heterocycles. The summed E-state index contributed by atoms with van der Waals surface area (Å²) in [4.78, 5) is 23.7. The molecule has 7 heteroatoms. The molecule has 0 aliphatic rings. The standard InChI is InChI=1S/C18H22N2O5/c1-4-24-15-7-5-13(6-8-15)9-14(18(22)23)10-19-17(21)16-11(2)20-25-12(16)3/h5-8,14H,4,9-10H2,1-3H3,(H,19,21)(H,22,23). The fourth-order valence-electron chi connectivity index (χ4n) is 2.53. The van der Waals surface area contributed by atoms with Gasteiger partial charge in [-0.1, -0.05) is 17.3 Å². The number of aliphatic carboxylic acids is 1. The van der Waals surface area contributed by atoms with Gasteiger partial charge in [0.1, 0.15) is 17.1 Å². The highest BCUT2D eigenvalue weighted by molar-refractivity contribution is 5.96. The van der Waals surface area contributed by atoms with Crippen LogP contribution in [0.5, 0.6) is 5.75 Å². The van der Waals surface area contributed by atoms with Crippen LogP contribution in [0, 0.1) is 19.8 Å². The second kappa shape index (κ2) is 8.32. The molecular weight excluding hydrogens is 324 g/mol. The van der Waals surface area contributed by atoms with E-state index in [1.807, 2.05) is 19.1 Å². The van der Waals surface area contributed by atoms with Crippen LogP contribution >= 0.6 is 0 Å². The van der Waals surface area contributed by atoms with Crippen LogP contribution in [0.25, 0.3) is 0 Å². The highest BCUT2D eigenvalue weighted by atomic mass is 16.5.